The van der Waals surface area contributed by atoms with Crippen LogP contribution in [0.5, 0.6) is 0 Å². The summed E-state index contributed by atoms with van der Waals surface area (Å²) in [6, 6.07) is 10.4. The number of hydrogen-bond donors (Lipinski definition) is 2. The van der Waals surface area contributed by atoms with Crippen molar-refractivity contribution in [2.45, 2.75) is 26.2 Å². The van der Waals surface area contributed by atoms with Crippen LogP contribution in [0.25, 0.3) is 0 Å². The van der Waals surface area contributed by atoms with Crippen molar-refractivity contribution in [3.8, 4) is 0 Å². The van der Waals surface area contributed by atoms with Crippen LogP contribution in [0, 0.1) is 5.92 Å². The second-order valence-electron chi connectivity index (χ2n) is 5.58. The first-order valence-corrected chi connectivity index (χ1v) is 8.09. The fraction of sp³-hybridized carbons (Fsp3) is 0.588. The highest BCUT2D eigenvalue weighted by Crippen LogP contribution is 2.13. The van der Waals surface area contributed by atoms with Crippen molar-refractivity contribution >= 4 is 11.6 Å². The Hall–Kier alpha value is -1.55. The van der Waals surface area contributed by atoms with Gasteiger partial charge in [0, 0.05) is 31.2 Å². The Morgan fingerprint density at radius 2 is 2.00 bits per heavy atom. The summed E-state index contributed by atoms with van der Waals surface area (Å²) in [7, 11) is 0. The summed E-state index contributed by atoms with van der Waals surface area (Å²) in [5.41, 5.74) is 1.25. The van der Waals surface area contributed by atoms with Crippen LogP contribution < -0.4 is 15.5 Å². The zero-order valence-corrected chi connectivity index (χ0v) is 13.0. The maximum atomic E-state index is 12.0. The van der Waals surface area contributed by atoms with Crippen LogP contribution in [0.1, 0.15) is 26.2 Å². The van der Waals surface area contributed by atoms with Crippen LogP contribution in [-0.2, 0) is 4.79 Å². The molecule has 0 bridgehead atoms. The van der Waals surface area contributed by atoms with Gasteiger partial charge in [-0.15, -0.1) is 0 Å². The van der Waals surface area contributed by atoms with Crippen molar-refractivity contribution in [2.24, 2.45) is 5.92 Å². The van der Waals surface area contributed by atoms with E-state index in [0.717, 1.165) is 52.0 Å². The highest BCUT2D eigenvalue weighted by molar-refractivity contribution is 5.78. The largest absolute Gasteiger partial charge is 0.372 e. The molecule has 1 fully saturated rings. The maximum absolute atomic E-state index is 12.0. The van der Waals surface area contributed by atoms with Crippen molar-refractivity contribution < 1.29 is 4.79 Å². The molecule has 2 N–H and O–H groups in total. The zero-order chi connectivity index (χ0) is 14.9. The van der Waals surface area contributed by atoms with Gasteiger partial charge >= 0.3 is 0 Å². The van der Waals surface area contributed by atoms with Crippen molar-refractivity contribution in [1.29, 1.82) is 0 Å². The molecule has 0 radical (unpaired) electrons. The number of carbonyl (C=O) groups excluding carboxylic acids is 1. The summed E-state index contributed by atoms with van der Waals surface area (Å²) in [6.07, 6.45) is 2.92. The van der Waals surface area contributed by atoms with E-state index < -0.39 is 0 Å². The number of nitrogens with zero attached hydrogens (tertiary/aromatic N) is 1. The Morgan fingerprint density at radius 1 is 1.29 bits per heavy atom. The van der Waals surface area contributed by atoms with E-state index in [1.807, 2.05) is 6.07 Å². The van der Waals surface area contributed by atoms with Gasteiger partial charge in [-0.05, 0) is 51.4 Å². The molecule has 116 valence electrons. The summed E-state index contributed by atoms with van der Waals surface area (Å²) < 4.78 is 0. The number of anilines is 1. The molecule has 4 heteroatoms. The Kier molecular flexibility index (Phi) is 6.54. The number of piperidine rings is 1. The molecule has 4 nitrogen and oxygen atoms in total. The van der Waals surface area contributed by atoms with Crippen LogP contribution in [-0.4, -0.2) is 38.6 Å². The maximum Gasteiger partial charge on any atom is 0.223 e. The molecule has 1 saturated heterocycles. The van der Waals surface area contributed by atoms with Crippen LogP contribution in [0.4, 0.5) is 5.69 Å². The molecule has 0 aromatic heterocycles. The van der Waals surface area contributed by atoms with Gasteiger partial charge in [0.2, 0.25) is 5.91 Å². The number of para-hydroxylation sites is 1. The minimum atomic E-state index is 0.211. The number of benzene rings is 1. The molecule has 1 aromatic rings. The Morgan fingerprint density at radius 3 is 2.67 bits per heavy atom. The first kappa shape index (κ1) is 15.8. The van der Waals surface area contributed by atoms with Crippen molar-refractivity contribution in [3.63, 3.8) is 0 Å². The predicted octanol–water partition coefficient (Wildman–Crippen LogP) is 2.02. The van der Waals surface area contributed by atoms with E-state index in [1.165, 1.54) is 5.69 Å². The zero-order valence-electron chi connectivity index (χ0n) is 13.0. The van der Waals surface area contributed by atoms with E-state index in [0.29, 0.717) is 0 Å². The summed E-state index contributed by atoms with van der Waals surface area (Å²) in [4.78, 5) is 14.4. The SMILES string of the molecule is CCN(CCCNC(=O)C1CCNCC1)c1ccccc1. The number of amides is 1. The van der Waals surface area contributed by atoms with E-state index in [9.17, 15) is 4.79 Å². The second-order valence-corrected chi connectivity index (χ2v) is 5.58. The predicted molar refractivity (Wildman–Crippen MR) is 87.5 cm³/mol. The standard InChI is InChI=1S/C17H27N3O/c1-2-20(16-7-4-3-5-8-16)14-6-11-19-17(21)15-9-12-18-13-10-15/h3-5,7-8,15,18H,2,6,9-14H2,1H3,(H,19,21). The van der Waals surface area contributed by atoms with Crippen molar-refractivity contribution in [1.82, 2.24) is 10.6 Å². The molecule has 0 unspecified atom stereocenters. The molecule has 1 heterocycles. The highest BCUT2D eigenvalue weighted by atomic mass is 16.1. The Bertz CT molecular complexity index is 415. The van der Waals surface area contributed by atoms with Crippen LogP contribution in [0.2, 0.25) is 0 Å². The van der Waals surface area contributed by atoms with Gasteiger partial charge < -0.3 is 15.5 Å². The lowest BCUT2D eigenvalue weighted by Gasteiger charge is -2.24. The van der Waals surface area contributed by atoms with E-state index in [4.69, 9.17) is 0 Å². The van der Waals surface area contributed by atoms with Gasteiger partial charge in [-0.3, -0.25) is 4.79 Å². The topological polar surface area (TPSA) is 44.4 Å². The fourth-order valence-corrected chi connectivity index (χ4v) is 2.82. The van der Waals surface area contributed by atoms with Crippen LogP contribution >= 0.6 is 0 Å². The highest BCUT2D eigenvalue weighted by Gasteiger charge is 2.20. The molecule has 0 saturated carbocycles. The molecule has 0 aliphatic carbocycles. The third kappa shape index (κ3) is 5.05. The summed E-state index contributed by atoms with van der Waals surface area (Å²) in [6.45, 7) is 6.84. The molecular formula is C17H27N3O. The molecule has 0 spiro atoms. The van der Waals surface area contributed by atoms with Crippen LogP contribution in [0.15, 0.2) is 30.3 Å². The lowest BCUT2D eigenvalue weighted by molar-refractivity contribution is -0.125. The fourth-order valence-electron chi connectivity index (χ4n) is 2.82. The molecule has 0 atom stereocenters. The van der Waals surface area contributed by atoms with Gasteiger partial charge in [0.05, 0.1) is 0 Å². The third-order valence-corrected chi connectivity index (χ3v) is 4.12. The summed E-state index contributed by atoms with van der Waals surface area (Å²) >= 11 is 0. The van der Waals surface area contributed by atoms with Gasteiger partial charge in [-0.2, -0.15) is 0 Å². The van der Waals surface area contributed by atoms with Gasteiger partial charge in [-0.1, -0.05) is 18.2 Å². The lowest BCUT2D eigenvalue weighted by atomic mass is 9.97. The monoisotopic (exact) mass is 289 g/mol. The van der Waals surface area contributed by atoms with E-state index >= 15 is 0 Å². The number of rotatable bonds is 7. The average Bonchev–Trinajstić information content (AvgIpc) is 2.56. The number of nitrogens with one attached hydrogen (secondary N) is 2. The lowest BCUT2D eigenvalue weighted by Crippen LogP contribution is -2.39. The second kappa shape index (κ2) is 8.67. The Labute approximate surface area is 127 Å². The summed E-state index contributed by atoms with van der Waals surface area (Å²) in [5, 5.41) is 6.38. The molecular weight excluding hydrogens is 262 g/mol. The quantitative estimate of drug-likeness (QED) is 0.755. The van der Waals surface area contributed by atoms with Gasteiger partial charge in [0.15, 0.2) is 0 Å². The number of hydrogen-bond acceptors (Lipinski definition) is 3. The molecule has 1 amide bonds. The van der Waals surface area contributed by atoms with Crippen LogP contribution in [0.3, 0.4) is 0 Å². The minimum absolute atomic E-state index is 0.211. The van der Waals surface area contributed by atoms with Gasteiger partial charge in [-0.25, -0.2) is 0 Å². The van der Waals surface area contributed by atoms with E-state index in [-0.39, 0.29) is 11.8 Å². The molecule has 1 aromatic carbocycles. The molecule has 21 heavy (non-hydrogen) atoms. The van der Waals surface area contributed by atoms with Gasteiger partial charge in [0.25, 0.3) is 0 Å². The smallest absolute Gasteiger partial charge is 0.223 e. The third-order valence-electron chi connectivity index (χ3n) is 4.12. The molecule has 1 aliphatic heterocycles. The van der Waals surface area contributed by atoms with E-state index in [2.05, 4.69) is 46.7 Å². The average molecular weight is 289 g/mol. The minimum Gasteiger partial charge on any atom is -0.372 e. The normalized spacial score (nSPS) is 15.7. The van der Waals surface area contributed by atoms with E-state index in [1.54, 1.807) is 0 Å². The first-order chi connectivity index (χ1) is 10.3. The Balaban J connectivity index is 1.67. The molecule has 1 aliphatic rings. The summed E-state index contributed by atoms with van der Waals surface area (Å²) in [5.74, 6) is 0.446. The first-order valence-electron chi connectivity index (χ1n) is 8.09. The number of carbonyl (C=O) groups is 1. The van der Waals surface area contributed by atoms with Crippen molar-refractivity contribution in [3.05, 3.63) is 30.3 Å². The molecule has 2 rings (SSSR count). The van der Waals surface area contributed by atoms with Crippen molar-refractivity contribution in [2.75, 3.05) is 37.6 Å². The van der Waals surface area contributed by atoms with Gasteiger partial charge in [0.1, 0.15) is 0 Å².